The molecule has 3 aromatic rings. The van der Waals surface area contributed by atoms with Crippen LogP contribution in [0.5, 0.6) is 5.75 Å². The van der Waals surface area contributed by atoms with Crippen LogP contribution in [0.1, 0.15) is 6.92 Å². The van der Waals surface area contributed by atoms with Crippen molar-refractivity contribution >= 4 is 23.2 Å². The number of benzene rings is 2. The lowest BCUT2D eigenvalue weighted by Crippen LogP contribution is -2.30. The van der Waals surface area contributed by atoms with E-state index in [1.165, 1.54) is 6.39 Å². The maximum absolute atomic E-state index is 12.2. The summed E-state index contributed by atoms with van der Waals surface area (Å²) < 4.78 is 10.8. The summed E-state index contributed by atoms with van der Waals surface area (Å²) in [7, 11) is 0. The van der Waals surface area contributed by atoms with Gasteiger partial charge in [-0.1, -0.05) is 11.6 Å². The summed E-state index contributed by atoms with van der Waals surface area (Å²) in [4.78, 5) is 12.2. The van der Waals surface area contributed by atoms with Crippen molar-refractivity contribution in [1.82, 2.24) is 10.2 Å². The van der Waals surface area contributed by atoms with Crippen molar-refractivity contribution < 1.29 is 13.9 Å². The molecule has 0 saturated carbocycles. The topological polar surface area (TPSA) is 77.2 Å². The maximum atomic E-state index is 12.2. The van der Waals surface area contributed by atoms with Crippen LogP contribution >= 0.6 is 11.6 Å². The van der Waals surface area contributed by atoms with Gasteiger partial charge in [0.1, 0.15) is 5.75 Å². The third kappa shape index (κ3) is 3.91. The Morgan fingerprint density at radius 2 is 1.88 bits per heavy atom. The lowest BCUT2D eigenvalue weighted by molar-refractivity contribution is -0.122. The highest BCUT2D eigenvalue weighted by atomic mass is 35.5. The Bertz CT molecular complexity index is 802. The predicted molar refractivity (Wildman–Crippen MR) is 89.9 cm³/mol. The van der Waals surface area contributed by atoms with E-state index in [9.17, 15) is 4.79 Å². The molecule has 0 fully saturated rings. The van der Waals surface area contributed by atoms with E-state index in [1.807, 2.05) is 0 Å². The predicted octanol–water partition coefficient (Wildman–Crippen LogP) is 3.80. The lowest BCUT2D eigenvalue weighted by atomic mass is 10.2. The van der Waals surface area contributed by atoms with Gasteiger partial charge in [-0.25, -0.2) is 0 Å². The van der Waals surface area contributed by atoms with E-state index in [2.05, 4.69) is 15.5 Å². The molecule has 6 nitrogen and oxygen atoms in total. The van der Waals surface area contributed by atoms with Crippen LogP contribution in [0, 0.1) is 0 Å². The minimum absolute atomic E-state index is 0.252. The number of hydrogen-bond acceptors (Lipinski definition) is 5. The second-order valence-corrected chi connectivity index (χ2v) is 5.46. The fourth-order valence-corrected chi connectivity index (χ4v) is 2.14. The molecule has 7 heteroatoms. The van der Waals surface area contributed by atoms with Crippen LogP contribution in [0.3, 0.4) is 0 Å². The van der Waals surface area contributed by atoms with Crippen LogP contribution in [0.25, 0.3) is 11.5 Å². The fraction of sp³-hybridized carbons (Fsp3) is 0.118. The van der Waals surface area contributed by atoms with E-state index < -0.39 is 6.10 Å². The van der Waals surface area contributed by atoms with E-state index in [0.29, 0.717) is 22.4 Å². The standard InChI is InChI=1S/C17H14ClN3O3/c1-11(16(22)20-14-6-4-13(18)5-7-14)24-15-8-2-12(3-9-15)17-21-19-10-23-17/h2-11H,1H3,(H,20,22). The van der Waals surface area contributed by atoms with Crippen LogP contribution in [-0.4, -0.2) is 22.2 Å². The summed E-state index contributed by atoms with van der Waals surface area (Å²) >= 11 is 5.82. The van der Waals surface area contributed by atoms with Gasteiger partial charge in [-0.15, -0.1) is 10.2 Å². The average molecular weight is 344 g/mol. The third-order valence-electron chi connectivity index (χ3n) is 3.26. The molecule has 2 aromatic carbocycles. The molecule has 0 bridgehead atoms. The lowest BCUT2D eigenvalue weighted by Gasteiger charge is -2.15. The quantitative estimate of drug-likeness (QED) is 0.762. The van der Waals surface area contributed by atoms with Gasteiger partial charge in [0, 0.05) is 16.3 Å². The van der Waals surface area contributed by atoms with Gasteiger partial charge in [0.2, 0.25) is 12.3 Å². The first-order chi connectivity index (χ1) is 11.6. The Morgan fingerprint density at radius 1 is 1.17 bits per heavy atom. The van der Waals surface area contributed by atoms with Crippen LogP contribution in [0.15, 0.2) is 59.3 Å². The van der Waals surface area contributed by atoms with Crippen molar-refractivity contribution in [2.24, 2.45) is 0 Å². The van der Waals surface area contributed by atoms with Crippen molar-refractivity contribution in [2.75, 3.05) is 5.32 Å². The van der Waals surface area contributed by atoms with Gasteiger partial charge in [0.25, 0.3) is 5.91 Å². The molecule has 122 valence electrons. The largest absolute Gasteiger partial charge is 0.481 e. The zero-order valence-electron chi connectivity index (χ0n) is 12.8. The highest BCUT2D eigenvalue weighted by molar-refractivity contribution is 6.30. The molecule has 1 aromatic heterocycles. The van der Waals surface area contributed by atoms with Crippen LogP contribution in [0.4, 0.5) is 5.69 Å². The molecule has 1 N–H and O–H groups in total. The Kier molecular flexibility index (Phi) is 4.77. The Balaban J connectivity index is 1.60. The van der Waals surface area contributed by atoms with Gasteiger partial charge in [-0.05, 0) is 55.5 Å². The number of rotatable bonds is 5. The van der Waals surface area contributed by atoms with Crippen molar-refractivity contribution in [3.05, 3.63) is 59.9 Å². The smallest absolute Gasteiger partial charge is 0.265 e. The molecule has 0 aliphatic carbocycles. The maximum Gasteiger partial charge on any atom is 0.265 e. The summed E-state index contributed by atoms with van der Waals surface area (Å²) in [5, 5.41) is 10.8. The Morgan fingerprint density at radius 3 is 2.50 bits per heavy atom. The number of nitrogens with zero attached hydrogens (tertiary/aromatic N) is 2. The van der Waals surface area contributed by atoms with Crippen molar-refractivity contribution in [3.63, 3.8) is 0 Å². The van der Waals surface area contributed by atoms with E-state index >= 15 is 0 Å². The fourth-order valence-electron chi connectivity index (χ4n) is 2.01. The molecule has 1 amide bonds. The first-order valence-electron chi connectivity index (χ1n) is 7.21. The molecule has 24 heavy (non-hydrogen) atoms. The summed E-state index contributed by atoms with van der Waals surface area (Å²) in [6.45, 7) is 1.68. The number of hydrogen-bond donors (Lipinski definition) is 1. The van der Waals surface area contributed by atoms with Crippen molar-refractivity contribution in [2.45, 2.75) is 13.0 Å². The van der Waals surface area contributed by atoms with E-state index in [1.54, 1.807) is 55.5 Å². The van der Waals surface area contributed by atoms with Crippen molar-refractivity contribution in [3.8, 4) is 17.2 Å². The van der Waals surface area contributed by atoms with Gasteiger partial charge in [0.05, 0.1) is 0 Å². The van der Waals surface area contributed by atoms with Crippen molar-refractivity contribution in [1.29, 1.82) is 0 Å². The highest BCUT2D eigenvalue weighted by Crippen LogP contribution is 2.21. The number of halogens is 1. The number of aromatic nitrogens is 2. The molecular formula is C17H14ClN3O3. The number of anilines is 1. The molecule has 3 rings (SSSR count). The minimum atomic E-state index is -0.657. The number of amides is 1. The second-order valence-electron chi connectivity index (χ2n) is 5.02. The van der Waals surface area contributed by atoms with E-state index in [-0.39, 0.29) is 5.91 Å². The minimum Gasteiger partial charge on any atom is -0.481 e. The number of ether oxygens (including phenoxy) is 1. The van der Waals surface area contributed by atoms with E-state index in [0.717, 1.165) is 5.56 Å². The van der Waals surface area contributed by atoms with Crippen LogP contribution < -0.4 is 10.1 Å². The molecule has 0 aliphatic rings. The molecular weight excluding hydrogens is 330 g/mol. The Labute approximate surface area is 143 Å². The SMILES string of the molecule is CC(Oc1ccc(-c2nnco2)cc1)C(=O)Nc1ccc(Cl)cc1. The van der Waals surface area contributed by atoms with Gasteiger partial charge in [0.15, 0.2) is 6.10 Å². The molecule has 1 unspecified atom stereocenters. The summed E-state index contributed by atoms with van der Waals surface area (Å²) in [6, 6.07) is 13.9. The molecule has 0 saturated heterocycles. The first kappa shape index (κ1) is 16.0. The summed E-state index contributed by atoms with van der Waals surface area (Å²) in [5.74, 6) is 0.741. The number of carbonyl (C=O) groups excluding carboxylic acids is 1. The normalized spacial score (nSPS) is 11.8. The molecule has 0 radical (unpaired) electrons. The second kappa shape index (κ2) is 7.14. The zero-order valence-corrected chi connectivity index (χ0v) is 13.5. The first-order valence-corrected chi connectivity index (χ1v) is 7.59. The summed E-state index contributed by atoms with van der Waals surface area (Å²) in [6.07, 6.45) is 0.609. The molecule has 0 aliphatic heterocycles. The molecule has 1 atom stereocenters. The number of carbonyl (C=O) groups is 1. The zero-order chi connectivity index (χ0) is 16.9. The van der Waals surface area contributed by atoms with Gasteiger partial charge < -0.3 is 14.5 Å². The molecule has 1 heterocycles. The number of nitrogens with one attached hydrogen (secondary N) is 1. The monoisotopic (exact) mass is 343 g/mol. The van der Waals surface area contributed by atoms with Crippen LogP contribution in [0.2, 0.25) is 5.02 Å². The summed E-state index contributed by atoms with van der Waals surface area (Å²) in [5.41, 5.74) is 1.43. The average Bonchev–Trinajstić information content (AvgIpc) is 3.12. The van der Waals surface area contributed by atoms with Crippen LogP contribution in [-0.2, 0) is 4.79 Å². The Hall–Kier alpha value is -2.86. The highest BCUT2D eigenvalue weighted by Gasteiger charge is 2.15. The third-order valence-corrected chi connectivity index (χ3v) is 3.51. The molecule has 0 spiro atoms. The van der Waals surface area contributed by atoms with E-state index in [4.69, 9.17) is 20.8 Å². The van der Waals surface area contributed by atoms with Gasteiger partial charge in [-0.2, -0.15) is 0 Å². The van der Waals surface area contributed by atoms with Gasteiger partial charge >= 0.3 is 0 Å². The van der Waals surface area contributed by atoms with Gasteiger partial charge in [-0.3, -0.25) is 4.79 Å².